The lowest BCUT2D eigenvalue weighted by Crippen LogP contribution is -2.37. The smallest absolute Gasteiger partial charge is 0.332 e. The molecule has 0 spiro atoms. The maximum atomic E-state index is 13.4. The fourth-order valence-electron chi connectivity index (χ4n) is 3.80. The topological polar surface area (TPSA) is 79.0 Å². The third-order valence-corrected chi connectivity index (χ3v) is 5.54. The Labute approximate surface area is 192 Å². The quantitative estimate of drug-likeness (QED) is 0.550. The zero-order valence-electron chi connectivity index (χ0n) is 18.5. The van der Waals surface area contributed by atoms with Crippen molar-refractivity contribution in [2.24, 2.45) is 0 Å². The molecule has 1 N–H and O–H groups in total. The van der Waals surface area contributed by atoms with E-state index in [-0.39, 0.29) is 18.9 Å². The number of aryl methyl sites for hydroxylation is 1. The van der Waals surface area contributed by atoms with Crippen molar-refractivity contribution in [2.45, 2.75) is 25.9 Å². The maximum Gasteiger partial charge on any atom is 0.332 e. The molecule has 7 nitrogen and oxygen atoms in total. The van der Waals surface area contributed by atoms with E-state index in [1.54, 1.807) is 36.4 Å². The maximum absolute atomic E-state index is 13.4. The van der Waals surface area contributed by atoms with E-state index in [1.807, 2.05) is 49.4 Å². The van der Waals surface area contributed by atoms with E-state index in [4.69, 9.17) is 4.74 Å². The molecule has 4 rings (SSSR count). The van der Waals surface area contributed by atoms with Crippen molar-refractivity contribution in [2.75, 3.05) is 17.3 Å². The van der Waals surface area contributed by atoms with E-state index in [0.717, 1.165) is 16.0 Å². The number of nitrogens with one attached hydrogen (secondary N) is 1. The van der Waals surface area contributed by atoms with Crippen LogP contribution in [0.3, 0.4) is 0 Å². The summed E-state index contributed by atoms with van der Waals surface area (Å²) in [6.07, 6.45) is -0.147. The average Bonchev–Trinajstić information content (AvgIpc) is 3.05. The van der Waals surface area contributed by atoms with Gasteiger partial charge in [0.2, 0.25) is 5.91 Å². The second kappa shape index (κ2) is 9.56. The molecule has 0 radical (unpaired) electrons. The molecule has 1 saturated heterocycles. The molecular weight excluding hydrogens is 418 g/mol. The van der Waals surface area contributed by atoms with Crippen LogP contribution < -0.4 is 15.0 Å². The monoisotopic (exact) mass is 443 g/mol. The highest BCUT2D eigenvalue weighted by molar-refractivity contribution is 6.22. The molecule has 1 heterocycles. The van der Waals surface area contributed by atoms with Gasteiger partial charge in [-0.1, -0.05) is 54.1 Å². The normalized spacial score (nSPS) is 15.6. The molecule has 1 atom stereocenters. The molecule has 1 aliphatic heterocycles. The molecule has 0 saturated carbocycles. The number of rotatable bonds is 7. The summed E-state index contributed by atoms with van der Waals surface area (Å²) in [5, 5.41) is 2.80. The van der Waals surface area contributed by atoms with E-state index < -0.39 is 18.0 Å². The molecule has 33 heavy (non-hydrogen) atoms. The molecule has 0 aromatic heterocycles. The van der Waals surface area contributed by atoms with Gasteiger partial charge in [0, 0.05) is 18.3 Å². The molecule has 7 heteroatoms. The van der Waals surface area contributed by atoms with Crippen molar-refractivity contribution in [3.8, 4) is 5.75 Å². The number of hydrogen-bond donors (Lipinski definition) is 1. The summed E-state index contributed by atoms with van der Waals surface area (Å²) in [4.78, 5) is 42.1. The number of ether oxygens (including phenoxy) is 1. The highest BCUT2D eigenvalue weighted by Gasteiger charge is 2.46. The van der Waals surface area contributed by atoms with Gasteiger partial charge in [-0.05, 0) is 36.8 Å². The number of carbonyl (C=O) groups excluding carboxylic acids is 3. The van der Waals surface area contributed by atoms with Gasteiger partial charge in [-0.2, -0.15) is 0 Å². The average molecular weight is 444 g/mol. The van der Waals surface area contributed by atoms with Crippen LogP contribution in [0.1, 0.15) is 17.5 Å². The molecule has 4 amide bonds. The van der Waals surface area contributed by atoms with Gasteiger partial charge in [0.15, 0.2) is 0 Å². The van der Waals surface area contributed by atoms with Crippen molar-refractivity contribution < 1.29 is 19.1 Å². The second-order valence-corrected chi connectivity index (χ2v) is 7.91. The number of methoxy groups -OCH3 is 1. The van der Waals surface area contributed by atoms with Crippen molar-refractivity contribution in [3.63, 3.8) is 0 Å². The Bertz CT molecular complexity index is 1160. The molecule has 3 aromatic carbocycles. The lowest BCUT2D eigenvalue weighted by atomic mass is 10.1. The van der Waals surface area contributed by atoms with E-state index in [1.165, 1.54) is 12.0 Å². The van der Waals surface area contributed by atoms with Crippen LogP contribution in [0.25, 0.3) is 0 Å². The summed E-state index contributed by atoms with van der Waals surface area (Å²) >= 11 is 0. The first-order valence-corrected chi connectivity index (χ1v) is 10.7. The minimum atomic E-state index is -0.922. The number of para-hydroxylation sites is 1. The van der Waals surface area contributed by atoms with Crippen molar-refractivity contribution in [1.82, 2.24) is 4.90 Å². The van der Waals surface area contributed by atoms with E-state index >= 15 is 0 Å². The van der Waals surface area contributed by atoms with Crippen LogP contribution in [0.5, 0.6) is 5.75 Å². The summed E-state index contributed by atoms with van der Waals surface area (Å²) in [6, 6.07) is 22.1. The van der Waals surface area contributed by atoms with Crippen LogP contribution in [0.4, 0.5) is 16.2 Å². The van der Waals surface area contributed by atoms with Crippen LogP contribution in [0, 0.1) is 6.92 Å². The minimum Gasteiger partial charge on any atom is -0.497 e. The van der Waals surface area contributed by atoms with Gasteiger partial charge in [0.25, 0.3) is 5.91 Å². The molecule has 1 unspecified atom stereocenters. The molecule has 0 bridgehead atoms. The Balaban J connectivity index is 1.62. The Hall–Kier alpha value is -4.13. The highest BCUT2D eigenvalue weighted by atomic mass is 16.5. The number of hydrogen-bond acceptors (Lipinski definition) is 4. The Morgan fingerprint density at radius 3 is 2.39 bits per heavy atom. The molecule has 0 aliphatic carbocycles. The summed E-state index contributed by atoms with van der Waals surface area (Å²) in [5.41, 5.74) is 3.01. The van der Waals surface area contributed by atoms with Crippen LogP contribution in [-0.4, -0.2) is 35.9 Å². The highest BCUT2D eigenvalue weighted by Crippen LogP contribution is 2.30. The number of nitrogens with zero attached hydrogens (tertiary/aromatic N) is 2. The number of amides is 4. The fraction of sp³-hybridized carbons (Fsp3) is 0.192. The predicted molar refractivity (Wildman–Crippen MR) is 126 cm³/mol. The van der Waals surface area contributed by atoms with Crippen LogP contribution in [0.15, 0.2) is 78.9 Å². The Kier molecular flexibility index (Phi) is 6.40. The van der Waals surface area contributed by atoms with E-state index in [2.05, 4.69) is 5.32 Å². The molecule has 1 fully saturated rings. The number of anilines is 2. The molecule has 3 aromatic rings. The first-order valence-electron chi connectivity index (χ1n) is 10.7. The third-order valence-electron chi connectivity index (χ3n) is 5.54. The van der Waals surface area contributed by atoms with Crippen LogP contribution in [-0.2, 0) is 16.1 Å². The fourth-order valence-corrected chi connectivity index (χ4v) is 3.80. The SMILES string of the molecule is COc1cccc(N2C(=O)C(CC(=O)Nc3ccccc3)N(Cc3ccc(C)cc3)C2=O)c1. The van der Waals surface area contributed by atoms with Gasteiger partial charge in [0.05, 0.1) is 19.2 Å². The van der Waals surface area contributed by atoms with E-state index in [9.17, 15) is 14.4 Å². The number of carbonyl (C=O) groups is 3. The summed E-state index contributed by atoms with van der Waals surface area (Å²) in [5.74, 6) is -0.249. The van der Waals surface area contributed by atoms with Gasteiger partial charge in [-0.25, -0.2) is 9.69 Å². The summed E-state index contributed by atoms with van der Waals surface area (Å²) in [7, 11) is 1.52. The lowest BCUT2D eigenvalue weighted by molar-refractivity contribution is -0.124. The zero-order chi connectivity index (χ0) is 23.4. The minimum absolute atomic E-state index is 0.147. The molecule has 168 valence electrons. The van der Waals surface area contributed by atoms with Gasteiger partial charge >= 0.3 is 6.03 Å². The third kappa shape index (κ3) is 4.87. The Morgan fingerprint density at radius 2 is 1.70 bits per heavy atom. The van der Waals surface area contributed by atoms with Crippen LogP contribution >= 0.6 is 0 Å². The first-order chi connectivity index (χ1) is 16.0. The zero-order valence-corrected chi connectivity index (χ0v) is 18.5. The lowest BCUT2D eigenvalue weighted by Gasteiger charge is -2.22. The van der Waals surface area contributed by atoms with Crippen molar-refractivity contribution in [1.29, 1.82) is 0 Å². The van der Waals surface area contributed by atoms with Crippen LogP contribution in [0.2, 0.25) is 0 Å². The second-order valence-electron chi connectivity index (χ2n) is 7.91. The van der Waals surface area contributed by atoms with Gasteiger partial charge in [0.1, 0.15) is 11.8 Å². The van der Waals surface area contributed by atoms with Crippen molar-refractivity contribution >= 4 is 29.2 Å². The van der Waals surface area contributed by atoms with Gasteiger partial charge < -0.3 is 15.0 Å². The first kappa shape index (κ1) is 22.1. The number of urea groups is 1. The Morgan fingerprint density at radius 1 is 0.970 bits per heavy atom. The van der Waals surface area contributed by atoms with Gasteiger partial charge in [-0.3, -0.25) is 9.59 Å². The van der Waals surface area contributed by atoms with Gasteiger partial charge in [-0.15, -0.1) is 0 Å². The summed E-state index contributed by atoms with van der Waals surface area (Å²) < 4.78 is 5.25. The number of benzene rings is 3. The standard InChI is InChI=1S/C26H25N3O4/c1-18-11-13-19(14-12-18)17-28-23(16-24(30)27-20-7-4-3-5-8-20)25(31)29(26(28)32)21-9-6-10-22(15-21)33-2/h3-15,23H,16-17H2,1-2H3,(H,27,30). The summed E-state index contributed by atoms with van der Waals surface area (Å²) in [6.45, 7) is 2.20. The van der Waals surface area contributed by atoms with Crippen molar-refractivity contribution in [3.05, 3.63) is 90.0 Å². The number of imide groups is 1. The van der Waals surface area contributed by atoms with E-state index in [0.29, 0.717) is 17.1 Å². The molecular formula is C26H25N3O4. The molecule has 1 aliphatic rings. The predicted octanol–water partition coefficient (Wildman–Crippen LogP) is 4.37. The largest absolute Gasteiger partial charge is 0.497 e.